The van der Waals surface area contributed by atoms with Gasteiger partial charge in [0.2, 0.25) is 0 Å². The summed E-state index contributed by atoms with van der Waals surface area (Å²) in [5, 5.41) is 0. The van der Waals surface area contributed by atoms with Crippen molar-refractivity contribution in [3.63, 3.8) is 0 Å². The summed E-state index contributed by atoms with van der Waals surface area (Å²) >= 11 is 7.17. The zero-order chi connectivity index (χ0) is 14.2. The molecule has 0 fully saturated rings. The average Bonchev–Trinajstić information content (AvgIpc) is 2.33. The maximum absolute atomic E-state index is 6.44. The van der Waals surface area contributed by atoms with Crippen LogP contribution in [0, 0.1) is 20.8 Å². The second-order valence-electron chi connectivity index (χ2n) is 4.96. The Balaban J connectivity index is 2.49. The average molecular weight is 383 g/mol. The van der Waals surface area contributed by atoms with Gasteiger partial charge in [0.25, 0.3) is 0 Å². The van der Waals surface area contributed by atoms with Crippen LogP contribution >= 0.6 is 31.9 Å². The molecule has 0 aromatic heterocycles. The molecular formula is C16H17Br2N. The normalized spacial score (nSPS) is 12.5. The number of hydrogen-bond acceptors (Lipinski definition) is 1. The number of rotatable bonds is 2. The Labute approximate surface area is 131 Å². The fourth-order valence-corrected chi connectivity index (χ4v) is 3.39. The van der Waals surface area contributed by atoms with Crippen molar-refractivity contribution in [2.45, 2.75) is 26.8 Å². The molecule has 0 saturated carbocycles. The Morgan fingerprint density at radius 2 is 1.53 bits per heavy atom. The van der Waals surface area contributed by atoms with Gasteiger partial charge in [-0.15, -0.1) is 0 Å². The first-order valence-corrected chi connectivity index (χ1v) is 7.77. The highest BCUT2D eigenvalue weighted by molar-refractivity contribution is 9.10. The van der Waals surface area contributed by atoms with Crippen molar-refractivity contribution >= 4 is 31.9 Å². The number of benzene rings is 2. The maximum Gasteiger partial charge on any atom is 0.0565 e. The van der Waals surface area contributed by atoms with Crippen molar-refractivity contribution in [1.82, 2.24) is 0 Å². The molecule has 0 saturated heterocycles. The third-order valence-electron chi connectivity index (χ3n) is 3.37. The van der Waals surface area contributed by atoms with Crippen LogP contribution in [0.4, 0.5) is 0 Å². The number of aryl methyl sites for hydroxylation is 3. The Hall–Kier alpha value is -0.640. The Morgan fingerprint density at radius 3 is 2.16 bits per heavy atom. The summed E-state index contributed by atoms with van der Waals surface area (Å²) in [6, 6.07) is 10.5. The number of halogens is 2. The van der Waals surface area contributed by atoms with E-state index in [0.29, 0.717) is 0 Å². The van der Waals surface area contributed by atoms with E-state index in [-0.39, 0.29) is 6.04 Å². The summed E-state index contributed by atoms with van der Waals surface area (Å²) in [6.07, 6.45) is 0. The molecule has 0 spiro atoms. The van der Waals surface area contributed by atoms with Gasteiger partial charge in [-0.3, -0.25) is 0 Å². The Kier molecular flexibility index (Phi) is 4.49. The molecule has 0 aliphatic rings. The van der Waals surface area contributed by atoms with Gasteiger partial charge in [0.15, 0.2) is 0 Å². The number of nitrogens with two attached hydrogens (primary N) is 1. The van der Waals surface area contributed by atoms with Crippen LogP contribution in [0.25, 0.3) is 0 Å². The highest BCUT2D eigenvalue weighted by Gasteiger charge is 2.15. The zero-order valence-electron chi connectivity index (χ0n) is 11.3. The fourth-order valence-electron chi connectivity index (χ4n) is 2.19. The lowest BCUT2D eigenvalue weighted by molar-refractivity contribution is 0.853. The summed E-state index contributed by atoms with van der Waals surface area (Å²) in [5.74, 6) is 0. The van der Waals surface area contributed by atoms with E-state index in [2.05, 4.69) is 83.0 Å². The van der Waals surface area contributed by atoms with Crippen LogP contribution in [-0.4, -0.2) is 0 Å². The van der Waals surface area contributed by atoms with Crippen molar-refractivity contribution in [3.05, 3.63) is 67.1 Å². The largest absolute Gasteiger partial charge is 0.320 e. The highest BCUT2D eigenvalue weighted by atomic mass is 79.9. The van der Waals surface area contributed by atoms with Gasteiger partial charge < -0.3 is 5.73 Å². The molecular weight excluding hydrogens is 366 g/mol. The van der Waals surface area contributed by atoms with Gasteiger partial charge in [-0.25, -0.2) is 0 Å². The molecule has 2 aromatic rings. The lowest BCUT2D eigenvalue weighted by atomic mass is 9.94. The molecule has 0 amide bonds. The molecule has 0 aliphatic heterocycles. The van der Waals surface area contributed by atoms with Crippen LogP contribution < -0.4 is 5.73 Å². The van der Waals surface area contributed by atoms with Gasteiger partial charge in [-0.05, 0) is 60.7 Å². The van der Waals surface area contributed by atoms with Gasteiger partial charge >= 0.3 is 0 Å². The minimum absolute atomic E-state index is 0.109. The smallest absolute Gasteiger partial charge is 0.0565 e. The topological polar surface area (TPSA) is 26.0 Å². The molecule has 100 valence electrons. The predicted octanol–water partition coefficient (Wildman–Crippen LogP) is 5.18. The quantitative estimate of drug-likeness (QED) is 0.760. The second-order valence-corrected chi connectivity index (χ2v) is 6.67. The van der Waals surface area contributed by atoms with Crippen LogP contribution in [0.15, 0.2) is 39.3 Å². The summed E-state index contributed by atoms with van der Waals surface area (Å²) in [5.41, 5.74) is 12.4. The molecule has 0 bridgehead atoms. The van der Waals surface area contributed by atoms with Gasteiger partial charge in [0, 0.05) is 8.95 Å². The van der Waals surface area contributed by atoms with Gasteiger partial charge in [-0.2, -0.15) is 0 Å². The molecule has 1 nitrogen and oxygen atoms in total. The van der Waals surface area contributed by atoms with Crippen molar-refractivity contribution in [2.24, 2.45) is 5.73 Å². The van der Waals surface area contributed by atoms with E-state index in [1.54, 1.807) is 0 Å². The lowest BCUT2D eigenvalue weighted by Gasteiger charge is -2.18. The van der Waals surface area contributed by atoms with Crippen LogP contribution in [0.2, 0.25) is 0 Å². The molecule has 3 heteroatoms. The van der Waals surface area contributed by atoms with E-state index < -0.39 is 0 Å². The molecule has 0 radical (unpaired) electrons. The first-order valence-electron chi connectivity index (χ1n) is 6.18. The molecule has 1 atom stereocenters. The van der Waals surface area contributed by atoms with E-state index in [1.807, 2.05) is 0 Å². The third-order valence-corrected chi connectivity index (χ3v) is 4.91. The molecule has 2 rings (SSSR count). The minimum Gasteiger partial charge on any atom is -0.320 e. The summed E-state index contributed by atoms with van der Waals surface area (Å²) in [4.78, 5) is 0. The zero-order valence-corrected chi connectivity index (χ0v) is 14.5. The molecule has 19 heavy (non-hydrogen) atoms. The van der Waals surface area contributed by atoms with E-state index in [9.17, 15) is 0 Å². The van der Waals surface area contributed by atoms with Crippen LogP contribution in [0.5, 0.6) is 0 Å². The molecule has 0 heterocycles. The maximum atomic E-state index is 6.44. The number of hydrogen-bond donors (Lipinski definition) is 1. The third kappa shape index (κ3) is 3.10. The van der Waals surface area contributed by atoms with E-state index in [4.69, 9.17) is 5.73 Å². The van der Waals surface area contributed by atoms with Crippen molar-refractivity contribution in [3.8, 4) is 0 Å². The molecule has 2 aromatic carbocycles. The molecule has 2 N–H and O–H groups in total. The van der Waals surface area contributed by atoms with Crippen molar-refractivity contribution < 1.29 is 0 Å². The van der Waals surface area contributed by atoms with Gasteiger partial charge in [0.05, 0.1) is 6.04 Å². The van der Waals surface area contributed by atoms with Crippen molar-refractivity contribution in [1.29, 1.82) is 0 Å². The van der Waals surface area contributed by atoms with Crippen LogP contribution in [0.1, 0.15) is 33.9 Å². The fraction of sp³-hybridized carbons (Fsp3) is 0.250. The minimum atomic E-state index is -0.109. The molecule has 0 aliphatic carbocycles. The van der Waals surface area contributed by atoms with E-state index in [1.165, 1.54) is 22.3 Å². The van der Waals surface area contributed by atoms with Gasteiger partial charge in [0.1, 0.15) is 0 Å². The lowest BCUT2D eigenvalue weighted by Crippen LogP contribution is -2.14. The van der Waals surface area contributed by atoms with E-state index in [0.717, 1.165) is 14.5 Å². The summed E-state index contributed by atoms with van der Waals surface area (Å²) < 4.78 is 2.20. The van der Waals surface area contributed by atoms with Crippen molar-refractivity contribution in [2.75, 3.05) is 0 Å². The predicted molar refractivity (Wildman–Crippen MR) is 88.5 cm³/mol. The van der Waals surface area contributed by atoms with Gasteiger partial charge in [-0.1, -0.05) is 50.1 Å². The molecule has 1 unspecified atom stereocenters. The highest BCUT2D eigenvalue weighted by Crippen LogP contribution is 2.31. The Morgan fingerprint density at radius 1 is 0.842 bits per heavy atom. The first kappa shape index (κ1) is 14.8. The van der Waals surface area contributed by atoms with Crippen LogP contribution in [-0.2, 0) is 0 Å². The Bertz CT molecular complexity index is 620. The summed E-state index contributed by atoms with van der Waals surface area (Å²) in [7, 11) is 0. The summed E-state index contributed by atoms with van der Waals surface area (Å²) in [6.45, 7) is 6.26. The SMILES string of the molecule is Cc1ccc(C(N)c2cc(C)c(Br)cc2C)c(Br)c1. The standard InChI is InChI=1S/C16H17Br2N/c1-9-4-5-12(15(18)6-9)16(19)13-7-11(3)14(17)8-10(13)2/h4-8,16H,19H2,1-3H3. The van der Waals surface area contributed by atoms with Crippen LogP contribution in [0.3, 0.4) is 0 Å². The van der Waals surface area contributed by atoms with E-state index >= 15 is 0 Å². The monoisotopic (exact) mass is 381 g/mol. The second kappa shape index (κ2) is 5.78. The first-order chi connectivity index (χ1) is 8.90.